The molecule has 0 saturated heterocycles. The Morgan fingerprint density at radius 1 is 1.03 bits per heavy atom. The van der Waals surface area contributed by atoms with Crippen molar-refractivity contribution >= 4 is 16.8 Å². The summed E-state index contributed by atoms with van der Waals surface area (Å²) in [5.41, 5.74) is 4.85. The minimum Gasteiger partial charge on any atom is -0.388 e. The molecule has 0 aliphatic heterocycles. The molecule has 1 aromatic heterocycles. The molecule has 6 rings (SSSR count). The second-order valence-electron chi connectivity index (χ2n) is 9.83. The molecule has 3 atom stereocenters. The molecule has 3 aromatic carbocycles. The van der Waals surface area contributed by atoms with Crippen LogP contribution >= 0.6 is 0 Å². The quantitative estimate of drug-likeness (QED) is 0.369. The smallest absolute Gasteiger partial charge is 0.131 e. The first kappa shape index (κ1) is 21.2. The molecule has 2 aliphatic rings. The molecule has 2 aliphatic carbocycles. The van der Waals surface area contributed by atoms with Crippen LogP contribution < -0.4 is 0 Å². The third kappa shape index (κ3) is 3.22. The highest BCUT2D eigenvalue weighted by Crippen LogP contribution is 2.55. The number of aliphatic hydroxyl groups excluding tert-OH is 1. The van der Waals surface area contributed by atoms with Crippen LogP contribution in [0.4, 0.5) is 8.78 Å². The van der Waals surface area contributed by atoms with Gasteiger partial charge in [0.1, 0.15) is 11.6 Å². The summed E-state index contributed by atoms with van der Waals surface area (Å²) in [5.74, 6) is -0.533. The molecule has 34 heavy (non-hydrogen) atoms. The largest absolute Gasteiger partial charge is 0.388 e. The van der Waals surface area contributed by atoms with Crippen LogP contribution in [0.1, 0.15) is 49.1 Å². The van der Waals surface area contributed by atoms with Gasteiger partial charge in [0.25, 0.3) is 0 Å². The van der Waals surface area contributed by atoms with Crippen molar-refractivity contribution in [2.75, 3.05) is 0 Å². The first-order valence-corrected chi connectivity index (χ1v) is 11.8. The molecule has 5 heteroatoms. The van der Waals surface area contributed by atoms with E-state index in [-0.39, 0.29) is 23.0 Å². The SMILES string of the molecule is C[C@]12Cc3cnn(-c4ccc(F)cc4)c3C=C1CCC[C@@H]2[C@@H](O)c1ccc(F)c2ccccc12. The van der Waals surface area contributed by atoms with E-state index in [1.165, 1.54) is 23.8 Å². The van der Waals surface area contributed by atoms with Gasteiger partial charge >= 0.3 is 0 Å². The summed E-state index contributed by atoms with van der Waals surface area (Å²) in [4.78, 5) is 0. The molecule has 1 fully saturated rings. The van der Waals surface area contributed by atoms with Crippen molar-refractivity contribution < 1.29 is 13.9 Å². The maximum absolute atomic E-state index is 14.4. The average Bonchev–Trinajstić information content (AvgIpc) is 3.24. The molecule has 1 saturated carbocycles. The van der Waals surface area contributed by atoms with Crippen molar-refractivity contribution in [2.45, 2.75) is 38.7 Å². The maximum atomic E-state index is 14.4. The van der Waals surface area contributed by atoms with Crippen LogP contribution in [0, 0.1) is 23.0 Å². The Kier molecular flexibility index (Phi) is 4.92. The lowest BCUT2D eigenvalue weighted by Crippen LogP contribution is -2.40. The zero-order chi connectivity index (χ0) is 23.4. The Balaban J connectivity index is 1.40. The van der Waals surface area contributed by atoms with Gasteiger partial charge in [0.15, 0.2) is 0 Å². The van der Waals surface area contributed by atoms with Gasteiger partial charge in [-0.25, -0.2) is 13.5 Å². The molecule has 1 N–H and O–H groups in total. The molecule has 0 amide bonds. The summed E-state index contributed by atoms with van der Waals surface area (Å²) < 4.78 is 29.7. The van der Waals surface area contributed by atoms with Gasteiger partial charge in [-0.15, -0.1) is 0 Å². The van der Waals surface area contributed by atoms with Gasteiger partial charge in [0.2, 0.25) is 0 Å². The van der Waals surface area contributed by atoms with Crippen LogP contribution in [0.2, 0.25) is 0 Å². The number of fused-ring (bicyclic) bond motifs is 3. The van der Waals surface area contributed by atoms with Crippen molar-refractivity contribution in [1.82, 2.24) is 9.78 Å². The Bertz CT molecular complexity index is 1420. The normalized spacial score (nSPS) is 22.7. The molecule has 172 valence electrons. The molecule has 3 nitrogen and oxygen atoms in total. The second-order valence-corrected chi connectivity index (χ2v) is 9.83. The molecule has 0 spiro atoms. The molecular formula is C29H26F2N2O. The molecule has 0 radical (unpaired) electrons. The number of aromatic nitrogens is 2. The lowest BCUT2D eigenvalue weighted by Gasteiger charge is -2.48. The van der Waals surface area contributed by atoms with E-state index in [1.54, 1.807) is 24.3 Å². The lowest BCUT2D eigenvalue weighted by atomic mass is 9.57. The summed E-state index contributed by atoms with van der Waals surface area (Å²) in [5, 5.41) is 17.6. The van der Waals surface area contributed by atoms with Crippen molar-refractivity contribution in [2.24, 2.45) is 11.3 Å². The fourth-order valence-electron chi connectivity index (χ4n) is 6.13. The van der Waals surface area contributed by atoms with Crippen molar-refractivity contribution in [3.05, 3.63) is 101 Å². The van der Waals surface area contributed by atoms with Crippen LogP contribution in [0.15, 0.2) is 72.4 Å². The predicted molar refractivity (Wildman–Crippen MR) is 130 cm³/mol. The predicted octanol–water partition coefficient (Wildman–Crippen LogP) is 6.78. The minimum atomic E-state index is -0.701. The fraction of sp³-hybridized carbons (Fsp3) is 0.276. The van der Waals surface area contributed by atoms with Gasteiger partial charge in [-0.3, -0.25) is 0 Å². The standard InChI is InChI=1S/C29H26F2N2O/c1-29-16-18-17-32-33(21-11-9-20(30)10-12-21)27(18)15-19(29)5-4-8-25(29)28(34)24-13-14-26(31)23-7-3-2-6-22(23)24/h2-3,6-7,9-15,17,25,28,34H,4-5,8,16H2,1H3/t25-,28+,29+/m1/s1. The number of benzene rings is 3. The molecule has 1 heterocycles. The van der Waals surface area contributed by atoms with Gasteiger partial charge in [0.05, 0.1) is 23.7 Å². The van der Waals surface area contributed by atoms with Crippen molar-refractivity contribution in [3.63, 3.8) is 0 Å². The van der Waals surface area contributed by atoms with Crippen LogP contribution in [-0.4, -0.2) is 14.9 Å². The van der Waals surface area contributed by atoms with Crippen LogP contribution in [0.3, 0.4) is 0 Å². The minimum absolute atomic E-state index is 0.00342. The molecule has 0 bridgehead atoms. The number of rotatable bonds is 3. The Labute approximate surface area is 197 Å². The second kappa shape index (κ2) is 7.88. The molecule has 4 aromatic rings. The van der Waals surface area contributed by atoms with Gasteiger partial charge in [-0.05, 0) is 89.9 Å². The third-order valence-electron chi connectivity index (χ3n) is 7.94. The summed E-state index contributed by atoms with van der Waals surface area (Å²) in [6.07, 6.45) is 7.05. The average molecular weight is 457 g/mol. The van der Waals surface area contributed by atoms with Crippen molar-refractivity contribution in [1.29, 1.82) is 0 Å². The highest BCUT2D eigenvalue weighted by atomic mass is 19.1. The Morgan fingerprint density at radius 3 is 2.59 bits per heavy atom. The molecule has 0 unspecified atom stereocenters. The fourth-order valence-corrected chi connectivity index (χ4v) is 6.13. The molecular weight excluding hydrogens is 430 g/mol. The highest BCUT2D eigenvalue weighted by Gasteiger charge is 2.46. The monoisotopic (exact) mass is 456 g/mol. The number of aliphatic hydroxyl groups is 1. The first-order chi connectivity index (χ1) is 16.5. The summed E-state index contributed by atoms with van der Waals surface area (Å²) in [6, 6.07) is 17.0. The topological polar surface area (TPSA) is 38.0 Å². The van der Waals surface area contributed by atoms with E-state index in [4.69, 9.17) is 0 Å². The Hall–Kier alpha value is -3.31. The van der Waals surface area contributed by atoms with Crippen molar-refractivity contribution in [3.8, 4) is 5.69 Å². The summed E-state index contributed by atoms with van der Waals surface area (Å²) >= 11 is 0. The lowest BCUT2D eigenvalue weighted by molar-refractivity contribution is 0.0226. The number of hydrogen-bond acceptors (Lipinski definition) is 2. The van der Waals surface area contributed by atoms with E-state index < -0.39 is 6.10 Å². The number of halogens is 2. The maximum Gasteiger partial charge on any atom is 0.131 e. The van der Waals surface area contributed by atoms with E-state index in [0.717, 1.165) is 53.6 Å². The van der Waals surface area contributed by atoms with E-state index in [2.05, 4.69) is 18.1 Å². The van der Waals surface area contributed by atoms with E-state index in [1.807, 2.05) is 29.1 Å². The number of hydrogen-bond donors (Lipinski definition) is 1. The zero-order valence-electron chi connectivity index (χ0n) is 19.0. The Morgan fingerprint density at radius 2 is 1.79 bits per heavy atom. The number of allylic oxidation sites excluding steroid dienone is 1. The van der Waals surface area contributed by atoms with E-state index in [9.17, 15) is 13.9 Å². The van der Waals surface area contributed by atoms with Gasteiger partial charge in [0, 0.05) is 5.39 Å². The van der Waals surface area contributed by atoms with Crippen LogP contribution in [-0.2, 0) is 6.42 Å². The first-order valence-electron chi connectivity index (χ1n) is 11.8. The zero-order valence-corrected chi connectivity index (χ0v) is 19.0. The summed E-state index contributed by atoms with van der Waals surface area (Å²) in [6.45, 7) is 2.25. The van der Waals surface area contributed by atoms with E-state index in [0.29, 0.717) is 5.39 Å². The van der Waals surface area contributed by atoms with Crippen LogP contribution in [0.5, 0.6) is 0 Å². The van der Waals surface area contributed by atoms with Gasteiger partial charge < -0.3 is 5.11 Å². The van der Waals surface area contributed by atoms with Gasteiger partial charge in [-0.1, -0.05) is 42.8 Å². The number of nitrogens with zero attached hydrogens (tertiary/aromatic N) is 2. The van der Waals surface area contributed by atoms with Crippen LogP contribution in [0.25, 0.3) is 22.5 Å². The highest BCUT2D eigenvalue weighted by molar-refractivity contribution is 5.86. The summed E-state index contributed by atoms with van der Waals surface area (Å²) in [7, 11) is 0. The third-order valence-corrected chi connectivity index (χ3v) is 7.94. The van der Waals surface area contributed by atoms with Gasteiger partial charge in [-0.2, -0.15) is 5.10 Å². The van der Waals surface area contributed by atoms with E-state index >= 15 is 0 Å².